The van der Waals surface area contributed by atoms with Crippen molar-refractivity contribution in [3.8, 4) is 5.75 Å². The molecule has 0 spiro atoms. The molecule has 2 atom stereocenters. The molecule has 2 heterocycles. The van der Waals surface area contributed by atoms with Crippen LogP contribution >= 0.6 is 0 Å². The first-order chi connectivity index (χ1) is 20.9. The van der Waals surface area contributed by atoms with Crippen molar-refractivity contribution in [1.82, 2.24) is 14.7 Å². The van der Waals surface area contributed by atoms with Crippen LogP contribution in [0.4, 0.5) is 11.5 Å². The highest BCUT2D eigenvalue weighted by atomic mass is 16.5. The topological polar surface area (TPSA) is 82.7 Å². The lowest BCUT2D eigenvalue weighted by Gasteiger charge is -2.38. The van der Waals surface area contributed by atoms with E-state index in [0.29, 0.717) is 38.6 Å². The van der Waals surface area contributed by atoms with Crippen LogP contribution in [0.1, 0.15) is 72.1 Å². The van der Waals surface area contributed by atoms with Gasteiger partial charge in [0.2, 0.25) is 5.91 Å². The number of ether oxygens (including phenoxy) is 2. The minimum absolute atomic E-state index is 0.154. The normalized spacial score (nSPS) is 21.3. The average Bonchev–Trinajstić information content (AvgIpc) is 3.41. The number of amides is 1. The Balaban J connectivity index is 1.48. The molecule has 0 radical (unpaired) electrons. The number of carbonyl (C=O) groups is 1. The Labute approximate surface area is 262 Å². The molecule has 2 aliphatic rings. The number of methoxy groups -OCH3 is 1. The fourth-order valence-corrected chi connectivity index (χ4v) is 6.59. The Kier molecular flexibility index (Phi) is 9.12. The van der Waals surface area contributed by atoms with Gasteiger partial charge in [-0.15, -0.1) is 0 Å². The monoisotopic (exact) mass is 598 g/mol. The van der Waals surface area contributed by atoms with E-state index in [1.165, 1.54) is 0 Å². The standard InChI is InChI=1S/C36H48N5O3/c1-9-31(37-28-13-14-29(43-8)27-12-10-11-25(3)34(27)28)38-32-20-30(35(4,5)6)39-41(32)26-19-24(2)21-36(7,22-26)23-33(42)40-15-17-44-18-16-40/h9-14,20,22,24,37H,15-19,21,23H2,1-8H3/q-1/b31-9-. The van der Waals surface area contributed by atoms with Crippen LogP contribution in [0, 0.1) is 18.3 Å². The molecule has 3 aromatic rings. The van der Waals surface area contributed by atoms with Crippen molar-refractivity contribution in [1.29, 1.82) is 0 Å². The van der Waals surface area contributed by atoms with Crippen LogP contribution in [-0.2, 0) is 14.9 Å². The maximum Gasteiger partial charge on any atom is 0.223 e. The molecule has 2 aromatic carbocycles. The van der Waals surface area contributed by atoms with Crippen LogP contribution in [0.3, 0.4) is 0 Å². The van der Waals surface area contributed by atoms with Crippen LogP contribution in [0.5, 0.6) is 5.75 Å². The van der Waals surface area contributed by atoms with Gasteiger partial charge in [0, 0.05) is 36.1 Å². The van der Waals surface area contributed by atoms with Crippen molar-refractivity contribution >= 4 is 33.9 Å². The predicted octanol–water partition coefficient (Wildman–Crippen LogP) is 8.16. The third-order valence-electron chi connectivity index (χ3n) is 8.74. The van der Waals surface area contributed by atoms with Gasteiger partial charge < -0.3 is 29.7 Å². The van der Waals surface area contributed by atoms with Crippen LogP contribution in [0.25, 0.3) is 21.8 Å². The first-order valence-electron chi connectivity index (χ1n) is 15.8. The van der Waals surface area contributed by atoms with Crippen molar-refractivity contribution in [2.24, 2.45) is 11.3 Å². The lowest BCUT2D eigenvalue weighted by molar-refractivity contribution is -0.137. The van der Waals surface area contributed by atoms with E-state index in [-0.39, 0.29) is 16.7 Å². The second-order valence-corrected chi connectivity index (χ2v) is 13.7. The molecule has 1 N–H and O–H groups in total. The molecule has 1 aromatic heterocycles. The average molecular weight is 599 g/mol. The molecule has 1 saturated heterocycles. The summed E-state index contributed by atoms with van der Waals surface area (Å²) in [5, 5.41) is 16.0. The number of nitrogens with zero attached hydrogens (tertiary/aromatic N) is 4. The summed E-state index contributed by atoms with van der Waals surface area (Å²) in [7, 11) is 1.70. The molecule has 44 heavy (non-hydrogen) atoms. The Morgan fingerprint density at radius 2 is 1.98 bits per heavy atom. The number of hydrogen-bond donors (Lipinski definition) is 1. The quantitative estimate of drug-likeness (QED) is 0.283. The number of anilines is 1. The summed E-state index contributed by atoms with van der Waals surface area (Å²) >= 11 is 0. The van der Waals surface area contributed by atoms with E-state index >= 15 is 0 Å². The number of carbonyl (C=O) groups excluding carboxylic acids is 1. The first kappa shape index (κ1) is 31.6. The molecule has 2 unspecified atom stereocenters. The highest BCUT2D eigenvalue weighted by Gasteiger charge is 2.34. The summed E-state index contributed by atoms with van der Waals surface area (Å²) < 4.78 is 13.1. The number of aromatic nitrogens is 2. The molecule has 8 heteroatoms. The maximum absolute atomic E-state index is 13.3. The van der Waals surface area contributed by atoms with Gasteiger partial charge in [0.05, 0.1) is 26.0 Å². The molecule has 5 rings (SSSR count). The molecule has 236 valence electrons. The van der Waals surface area contributed by atoms with Gasteiger partial charge in [0.1, 0.15) is 5.75 Å². The van der Waals surface area contributed by atoms with E-state index < -0.39 is 0 Å². The number of benzene rings is 2. The van der Waals surface area contributed by atoms with Crippen molar-refractivity contribution in [2.45, 2.75) is 73.1 Å². The van der Waals surface area contributed by atoms with Crippen LogP contribution < -0.4 is 10.1 Å². The second-order valence-electron chi connectivity index (χ2n) is 13.7. The van der Waals surface area contributed by atoms with Gasteiger partial charge in [0.25, 0.3) is 0 Å². The number of aryl methyl sites for hydroxylation is 1. The molecule has 1 fully saturated rings. The summed E-state index contributed by atoms with van der Waals surface area (Å²) in [6.07, 6.45) is 6.58. The number of fused-ring (bicyclic) bond motifs is 1. The number of morpholine rings is 1. The minimum atomic E-state index is -0.269. The maximum atomic E-state index is 13.3. The third-order valence-corrected chi connectivity index (χ3v) is 8.74. The van der Waals surface area contributed by atoms with Gasteiger partial charge in [-0.1, -0.05) is 65.0 Å². The molecular weight excluding hydrogens is 550 g/mol. The highest BCUT2D eigenvalue weighted by molar-refractivity contribution is 6.00. The van der Waals surface area contributed by atoms with Gasteiger partial charge in [-0.3, -0.25) is 4.79 Å². The van der Waals surface area contributed by atoms with E-state index in [0.717, 1.165) is 63.6 Å². The van der Waals surface area contributed by atoms with E-state index in [2.05, 4.69) is 77.2 Å². The second kappa shape index (κ2) is 12.7. The summed E-state index contributed by atoms with van der Waals surface area (Å²) in [6, 6.07) is 12.4. The number of hydrogen-bond acceptors (Lipinski definition) is 5. The van der Waals surface area contributed by atoms with Gasteiger partial charge in [-0.25, -0.2) is 5.10 Å². The Hall–Kier alpha value is -3.78. The molecular formula is C36H48N5O3-. The summed E-state index contributed by atoms with van der Waals surface area (Å²) in [6.45, 7) is 17.7. The van der Waals surface area contributed by atoms with E-state index in [1.54, 1.807) is 7.11 Å². The molecule has 1 aliphatic carbocycles. The minimum Gasteiger partial charge on any atom is -0.496 e. The van der Waals surface area contributed by atoms with E-state index in [4.69, 9.17) is 19.9 Å². The Bertz CT molecular complexity index is 1570. The lowest BCUT2D eigenvalue weighted by Crippen LogP contribution is -2.42. The SMILES string of the molecule is C/C=C(\[N-]c1cc(C(C)(C)C)nn1C1=CC(C)(CC(=O)N2CCOCC2)CC(C)C1)Nc1ccc(OC)c2cccc(C)c12. The van der Waals surface area contributed by atoms with Crippen molar-refractivity contribution in [2.75, 3.05) is 38.7 Å². The van der Waals surface area contributed by atoms with Crippen molar-refractivity contribution < 1.29 is 14.3 Å². The molecule has 8 nitrogen and oxygen atoms in total. The smallest absolute Gasteiger partial charge is 0.223 e. The van der Waals surface area contributed by atoms with Crippen LogP contribution in [0.15, 0.2) is 54.4 Å². The number of rotatable bonds is 8. The van der Waals surface area contributed by atoms with Gasteiger partial charge >= 0.3 is 0 Å². The van der Waals surface area contributed by atoms with Gasteiger partial charge in [0.15, 0.2) is 0 Å². The van der Waals surface area contributed by atoms with Gasteiger partial charge in [-0.05, 0) is 84.4 Å². The predicted molar refractivity (Wildman–Crippen MR) is 179 cm³/mol. The molecule has 1 amide bonds. The van der Waals surface area contributed by atoms with E-state index in [1.807, 2.05) is 34.7 Å². The highest BCUT2D eigenvalue weighted by Crippen LogP contribution is 2.44. The van der Waals surface area contributed by atoms with Crippen LogP contribution in [-0.4, -0.2) is 54.0 Å². The zero-order chi connectivity index (χ0) is 31.6. The lowest BCUT2D eigenvalue weighted by atomic mass is 9.72. The fourth-order valence-electron chi connectivity index (χ4n) is 6.59. The first-order valence-corrected chi connectivity index (χ1v) is 15.8. The zero-order valence-electron chi connectivity index (χ0n) is 27.7. The Morgan fingerprint density at radius 1 is 1.23 bits per heavy atom. The zero-order valence-corrected chi connectivity index (χ0v) is 27.7. The fraction of sp³-hybridized carbons (Fsp3) is 0.500. The summed E-state index contributed by atoms with van der Waals surface area (Å²) in [4.78, 5) is 15.3. The van der Waals surface area contributed by atoms with Crippen molar-refractivity contribution in [3.05, 3.63) is 70.9 Å². The Morgan fingerprint density at radius 3 is 2.66 bits per heavy atom. The molecule has 1 aliphatic heterocycles. The summed E-state index contributed by atoms with van der Waals surface area (Å²) in [5.74, 6) is 2.95. The number of allylic oxidation sites excluding steroid dienone is 3. The van der Waals surface area contributed by atoms with Gasteiger partial charge in [-0.2, -0.15) is 0 Å². The van der Waals surface area contributed by atoms with Crippen molar-refractivity contribution in [3.63, 3.8) is 0 Å². The van der Waals surface area contributed by atoms with Crippen LogP contribution in [0.2, 0.25) is 0 Å². The largest absolute Gasteiger partial charge is 0.496 e. The molecule has 0 bridgehead atoms. The number of nitrogens with one attached hydrogen (secondary N) is 1. The third kappa shape index (κ3) is 6.80. The van der Waals surface area contributed by atoms with E-state index in [9.17, 15) is 4.79 Å². The molecule has 0 saturated carbocycles. The summed E-state index contributed by atoms with van der Waals surface area (Å²) in [5.41, 5.74) is 3.77.